The highest BCUT2D eigenvalue weighted by Gasteiger charge is 2.15. The van der Waals surface area contributed by atoms with E-state index in [4.69, 9.17) is 5.73 Å². The summed E-state index contributed by atoms with van der Waals surface area (Å²) in [6.45, 7) is 0. The molecule has 1 radical (unpaired) electrons. The second-order valence-corrected chi connectivity index (χ2v) is 3.43. The van der Waals surface area contributed by atoms with Crippen LogP contribution >= 0.6 is 0 Å². The number of hydrogen-bond acceptors (Lipinski definition) is 1. The molecule has 2 N–H and O–H groups in total. The first-order valence-corrected chi connectivity index (χ1v) is 4.61. The third-order valence-electron chi connectivity index (χ3n) is 2.57. The lowest BCUT2D eigenvalue weighted by Crippen LogP contribution is -2.17. The number of rotatable bonds is 1. The summed E-state index contributed by atoms with van der Waals surface area (Å²) in [5.41, 5.74) is 8.27. The average Bonchev–Trinajstić information content (AvgIpc) is 2.17. The van der Waals surface area contributed by atoms with E-state index in [1.807, 2.05) is 6.07 Å². The minimum atomic E-state index is -0.348. The van der Waals surface area contributed by atoms with E-state index in [1.54, 1.807) is 6.07 Å². The summed E-state index contributed by atoms with van der Waals surface area (Å²) in [7, 11) is 0. The van der Waals surface area contributed by atoms with Crippen LogP contribution in [0.15, 0.2) is 12.1 Å². The quantitative estimate of drug-likeness (QED) is 0.688. The van der Waals surface area contributed by atoms with Crippen molar-refractivity contribution in [1.29, 1.82) is 0 Å². The average molecular weight is 174 g/mol. The highest BCUT2D eigenvalue weighted by atomic mass is 16.1. The highest BCUT2D eigenvalue weighted by molar-refractivity contribution is 5.94. The second kappa shape index (κ2) is 3.21. The first-order chi connectivity index (χ1) is 6.29. The Balaban J connectivity index is 2.52. The number of aryl methyl sites for hydroxylation is 1. The molecule has 0 aliphatic heterocycles. The summed E-state index contributed by atoms with van der Waals surface area (Å²) in [5, 5.41) is 0. The molecule has 2 rings (SSSR count). The van der Waals surface area contributed by atoms with Crippen LogP contribution in [0, 0.1) is 6.07 Å². The first-order valence-electron chi connectivity index (χ1n) is 4.61. The molecule has 13 heavy (non-hydrogen) atoms. The number of carbonyl (C=O) groups is 1. The van der Waals surface area contributed by atoms with Gasteiger partial charge in [0.25, 0.3) is 0 Å². The molecule has 0 bridgehead atoms. The van der Waals surface area contributed by atoms with E-state index in [2.05, 4.69) is 6.07 Å². The van der Waals surface area contributed by atoms with Gasteiger partial charge in [0.1, 0.15) is 0 Å². The number of primary amides is 1. The Labute approximate surface area is 77.8 Å². The number of nitrogens with two attached hydrogens (primary N) is 1. The minimum Gasteiger partial charge on any atom is -0.366 e. The fraction of sp³-hybridized carbons (Fsp3) is 0.364. The van der Waals surface area contributed by atoms with E-state index in [0.29, 0.717) is 5.56 Å². The van der Waals surface area contributed by atoms with Gasteiger partial charge in [-0.2, -0.15) is 0 Å². The van der Waals surface area contributed by atoms with Gasteiger partial charge < -0.3 is 5.73 Å². The Morgan fingerprint density at radius 2 is 2.15 bits per heavy atom. The smallest absolute Gasteiger partial charge is 0.249 e. The van der Waals surface area contributed by atoms with Crippen LogP contribution in [0.3, 0.4) is 0 Å². The van der Waals surface area contributed by atoms with Crippen LogP contribution in [0.2, 0.25) is 0 Å². The van der Waals surface area contributed by atoms with Crippen molar-refractivity contribution in [2.45, 2.75) is 25.7 Å². The third-order valence-corrected chi connectivity index (χ3v) is 2.57. The number of fused-ring (bicyclic) bond motifs is 1. The number of amides is 1. The number of carbonyl (C=O) groups excluding carboxylic acids is 1. The molecule has 2 nitrogen and oxygen atoms in total. The van der Waals surface area contributed by atoms with E-state index in [9.17, 15) is 4.79 Å². The van der Waals surface area contributed by atoms with Crippen LogP contribution in [0.5, 0.6) is 0 Å². The molecule has 0 spiro atoms. The van der Waals surface area contributed by atoms with Crippen LogP contribution in [0.4, 0.5) is 0 Å². The molecule has 0 atom stereocenters. The van der Waals surface area contributed by atoms with Crippen molar-refractivity contribution in [1.82, 2.24) is 0 Å². The van der Waals surface area contributed by atoms with Gasteiger partial charge in [0.05, 0.1) is 5.56 Å². The zero-order valence-corrected chi connectivity index (χ0v) is 7.47. The Bertz CT molecular complexity index is 344. The molecule has 0 saturated carbocycles. The Kier molecular flexibility index (Phi) is 2.05. The van der Waals surface area contributed by atoms with Gasteiger partial charge in [-0.3, -0.25) is 4.79 Å². The van der Waals surface area contributed by atoms with E-state index in [1.165, 1.54) is 12.0 Å². The van der Waals surface area contributed by atoms with Gasteiger partial charge in [0.2, 0.25) is 5.91 Å². The van der Waals surface area contributed by atoms with Crippen molar-refractivity contribution in [2.75, 3.05) is 0 Å². The first kappa shape index (κ1) is 8.30. The molecule has 2 heteroatoms. The maximum absolute atomic E-state index is 11.1. The third kappa shape index (κ3) is 1.44. The molecule has 0 heterocycles. The van der Waals surface area contributed by atoms with Gasteiger partial charge in [-0.15, -0.1) is 0 Å². The topological polar surface area (TPSA) is 43.1 Å². The van der Waals surface area contributed by atoms with Gasteiger partial charge in [-0.05, 0) is 42.9 Å². The lowest BCUT2D eigenvalue weighted by atomic mass is 9.88. The summed E-state index contributed by atoms with van der Waals surface area (Å²) in [6.07, 6.45) is 4.43. The largest absolute Gasteiger partial charge is 0.366 e. The molecule has 0 saturated heterocycles. The maximum Gasteiger partial charge on any atom is 0.249 e. The molecule has 1 aromatic rings. The normalized spacial score (nSPS) is 15.1. The molecule has 0 unspecified atom stereocenters. The van der Waals surface area contributed by atoms with E-state index in [-0.39, 0.29) is 5.91 Å². The van der Waals surface area contributed by atoms with Crippen molar-refractivity contribution in [3.8, 4) is 0 Å². The fourth-order valence-electron chi connectivity index (χ4n) is 1.93. The highest BCUT2D eigenvalue weighted by Crippen LogP contribution is 2.23. The van der Waals surface area contributed by atoms with Crippen molar-refractivity contribution in [2.24, 2.45) is 5.73 Å². The van der Waals surface area contributed by atoms with Gasteiger partial charge in [0, 0.05) is 0 Å². The fourth-order valence-corrected chi connectivity index (χ4v) is 1.93. The summed E-state index contributed by atoms with van der Waals surface area (Å²) < 4.78 is 0. The Morgan fingerprint density at radius 1 is 1.38 bits per heavy atom. The Hall–Kier alpha value is -1.31. The molecule has 0 fully saturated rings. The monoisotopic (exact) mass is 174 g/mol. The van der Waals surface area contributed by atoms with Gasteiger partial charge in [-0.25, -0.2) is 0 Å². The van der Waals surface area contributed by atoms with Crippen LogP contribution in [-0.2, 0) is 12.8 Å². The van der Waals surface area contributed by atoms with Gasteiger partial charge in [-0.1, -0.05) is 12.1 Å². The molecule has 1 aromatic carbocycles. The lowest BCUT2D eigenvalue weighted by Gasteiger charge is -2.17. The molecule has 67 valence electrons. The Morgan fingerprint density at radius 3 is 2.92 bits per heavy atom. The van der Waals surface area contributed by atoms with Crippen LogP contribution < -0.4 is 5.73 Å². The van der Waals surface area contributed by atoms with E-state index >= 15 is 0 Å². The van der Waals surface area contributed by atoms with E-state index < -0.39 is 0 Å². The predicted octanol–water partition coefficient (Wildman–Crippen LogP) is 1.46. The summed E-state index contributed by atoms with van der Waals surface area (Å²) in [4.78, 5) is 11.1. The number of hydrogen-bond donors (Lipinski definition) is 1. The zero-order chi connectivity index (χ0) is 9.26. The van der Waals surface area contributed by atoms with E-state index in [0.717, 1.165) is 24.8 Å². The second-order valence-electron chi connectivity index (χ2n) is 3.43. The van der Waals surface area contributed by atoms with Crippen molar-refractivity contribution in [3.63, 3.8) is 0 Å². The van der Waals surface area contributed by atoms with Crippen molar-refractivity contribution >= 4 is 5.91 Å². The van der Waals surface area contributed by atoms with Gasteiger partial charge in [0.15, 0.2) is 0 Å². The maximum atomic E-state index is 11.1. The standard InChI is InChI=1S/C11H12NO/c12-11(13)10-7-3-5-8-4-1-2-6-9(8)10/h3,5H,1-2,4,6H2,(H2,12,13). The zero-order valence-electron chi connectivity index (χ0n) is 7.47. The molecule has 1 amide bonds. The van der Waals surface area contributed by atoms with Crippen LogP contribution in [0.1, 0.15) is 34.3 Å². The molecular weight excluding hydrogens is 162 g/mol. The van der Waals surface area contributed by atoms with Crippen LogP contribution in [0.25, 0.3) is 0 Å². The SMILES string of the molecule is NC(=O)c1[c]ccc2c1CCCC2. The summed E-state index contributed by atoms with van der Waals surface area (Å²) >= 11 is 0. The summed E-state index contributed by atoms with van der Waals surface area (Å²) in [5.74, 6) is -0.348. The molecule has 1 aliphatic carbocycles. The molecule has 1 aliphatic rings. The number of benzene rings is 1. The van der Waals surface area contributed by atoms with Gasteiger partial charge >= 0.3 is 0 Å². The minimum absolute atomic E-state index is 0.348. The van der Waals surface area contributed by atoms with Crippen LogP contribution in [-0.4, -0.2) is 5.91 Å². The molecular formula is C11H12NO. The summed E-state index contributed by atoms with van der Waals surface area (Å²) in [6, 6.07) is 6.76. The van der Waals surface area contributed by atoms with Crippen molar-refractivity contribution in [3.05, 3.63) is 34.9 Å². The molecule has 0 aromatic heterocycles. The predicted molar refractivity (Wildman–Crippen MR) is 50.4 cm³/mol. The lowest BCUT2D eigenvalue weighted by molar-refractivity contribution is 0.0999. The van der Waals surface area contributed by atoms with Crippen molar-refractivity contribution < 1.29 is 4.79 Å².